The molecule has 0 unspecified atom stereocenters. The number of unbranched alkanes of at least 4 members (excludes halogenated alkanes) is 1. The van der Waals surface area contributed by atoms with E-state index in [4.69, 9.17) is 0 Å². The minimum atomic E-state index is -3.58. The van der Waals surface area contributed by atoms with Crippen molar-refractivity contribution in [2.75, 3.05) is 5.75 Å². The number of carbonyl (C=O) groups is 1. The van der Waals surface area contributed by atoms with Crippen molar-refractivity contribution in [3.8, 4) is 0 Å². The van der Waals surface area contributed by atoms with Gasteiger partial charge in [0.15, 0.2) is 9.84 Å². The van der Waals surface area contributed by atoms with Gasteiger partial charge in [-0.25, -0.2) is 8.42 Å². The summed E-state index contributed by atoms with van der Waals surface area (Å²) >= 11 is 0. The molecule has 0 aliphatic rings. The zero-order chi connectivity index (χ0) is 12.2. The standard InChI is InChI=1S/C10H13NO4S.Li/c1-2-3-7-16(14,15)8-5-4-6-11-9(8)10(12)13;/h4-6H,2-3,7H2,1H3,(H,12,13);/q;+1/p-1. The zero-order valence-electron chi connectivity index (χ0n) is 9.84. The number of aromatic nitrogens is 1. The molecule has 7 heteroatoms. The summed E-state index contributed by atoms with van der Waals surface area (Å²) in [6, 6.07) is 2.63. The van der Waals surface area contributed by atoms with Crippen molar-refractivity contribution in [3.63, 3.8) is 0 Å². The summed E-state index contributed by atoms with van der Waals surface area (Å²) < 4.78 is 23.6. The summed E-state index contributed by atoms with van der Waals surface area (Å²) in [6.07, 6.45) is 2.44. The number of sulfone groups is 1. The molecule has 0 atom stereocenters. The third-order valence-electron chi connectivity index (χ3n) is 2.07. The summed E-state index contributed by atoms with van der Waals surface area (Å²) in [7, 11) is -3.58. The first kappa shape index (κ1) is 16.2. The summed E-state index contributed by atoms with van der Waals surface area (Å²) in [5.74, 6) is -1.65. The maximum atomic E-state index is 11.8. The van der Waals surface area contributed by atoms with Gasteiger partial charge in [-0.3, -0.25) is 4.98 Å². The second-order valence-electron chi connectivity index (χ2n) is 3.31. The number of rotatable bonds is 5. The molecule has 0 fully saturated rings. The van der Waals surface area contributed by atoms with Crippen molar-refractivity contribution in [2.45, 2.75) is 24.7 Å². The van der Waals surface area contributed by atoms with Crippen LogP contribution in [0.15, 0.2) is 23.2 Å². The van der Waals surface area contributed by atoms with Crippen molar-refractivity contribution >= 4 is 15.8 Å². The molecule has 0 N–H and O–H groups in total. The molecule has 0 spiro atoms. The Labute approximate surface area is 112 Å². The minimum Gasteiger partial charge on any atom is -0.543 e. The molecular formula is C10H12LiNO4S. The van der Waals surface area contributed by atoms with Crippen molar-refractivity contribution in [3.05, 3.63) is 24.0 Å². The number of carboxylic acid groups (broad SMARTS) is 1. The topological polar surface area (TPSA) is 87.2 Å². The van der Waals surface area contributed by atoms with Crippen LogP contribution in [0, 0.1) is 0 Å². The number of carboxylic acids is 1. The van der Waals surface area contributed by atoms with Crippen molar-refractivity contribution in [1.82, 2.24) is 4.98 Å². The average Bonchev–Trinajstić information content (AvgIpc) is 2.26. The summed E-state index contributed by atoms with van der Waals surface area (Å²) in [4.78, 5) is 14.0. The predicted molar refractivity (Wildman–Crippen MR) is 55.5 cm³/mol. The van der Waals surface area contributed by atoms with Crippen LogP contribution in [0.25, 0.3) is 0 Å². The van der Waals surface area contributed by atoms with Crippen LogP contribution in [-0.4, -0.2) is 25.1 Å². The normalized spacial score (nSPS) is 10.6. The monoisotopic (exact) mass is 249 g/mol. The molecule has 1 heterocycles. The first-order chi connectivity index (χ1) is 7.49. The van der Waals surface area contributed by atoms with E-state index in [-0.39, 0.29) is 29.5 Å². The van der Waals surface area contributed by atoms with Gasteiger partial charge in [-0.1, -0.05) is 13.3 Å². The van der Waals surface area contributed by atoms with Crippen LogP contribution < -0.4 is 24.0 Å². The smallest absolute Gasteiger partial charge is 0.543 e. The summed E-state index contributed by atoms with van der Waals surface area (Å²) in [5.41, 5.74) is -0.515. The predicted octanol–water partition coefficient (Wildman–Crippen LogP) is -2.98. The molecule has 5 nitrogen and oxygen atoms in total. The largest absolute Gasteiger partial charge is 1.00 e. The van der Waals surface area contributed by atoms with Gasteiger partial charge in [0, 0.05) is 6.20 Å². The van der Waals surface area contributed by atoms with Gasteiger partial charge in [0.25, 0.3) is 0 Å². The van der Waals surface area contributed by atoms with Crippen LogP contribution in [0.1, 0.15) is 30.3 Å². The van der Waals surface area contributed by atoms with E-state index >= 15 is 0 Å². The second kappa shape index (κ2) is 6.79. The number of aromatic carboxylic acids is 1. The number of hydrogen-bond acceptors (Lipinski definition) is 5. The van der Waals surface area contributed by atoms with E-state index in [9.17, 15) is 18.3 Å². The molecule has 0 bridgehead atoms. The quantitative estimate of drug-likeness (QED) is 0.520. The van der Waals surface area contributed by atoms with E-state index in [0.717, 1.165) is 6.42 Å². The van der Waals surface area contributed by atoms with E-state index < -0.39 is 21.5 Å². The van der Waals surface area contributed by atoms with Gasteiger partial charge < -0.3 is 9.90 Å². The molecule has 0 amide bonds. The van der Waals surface area contributed by atoms with Gasteiger partial charge in [-0.05, 0) is 18.6 Å². The minimum absolute atomic E-state index is 0. The number of carbonyl (C=O) groups excluding carboxylic acids is 1. The molecule has 17 heavy (non-hydrogen) atoms. The molecule has 0 saturated carbocycles. The Kier molecular flexibility index (Phi) is 6.46. The fourth-order valence-electron chi connectivity index (χ4n) is 1.24. The van der Waals surface area contributed by atoms with E-state index in [0.29, 0.717) is 6.42 Å². The van der Waals surface area contributed by atoms with Crippen molar-refractivity contribution in [1.29, 1.82) is 0 Å². The van der Waals surface area contributed by atoms with E-state index in [1.165, 1.54) is 18.3 Å². The average molecular weight is 249 g/mol. The fourth-order valence-corrected chi connectivity index (χ4v) is 2.84. The molecule has 0 radical (unpaired) electrons. The fraction of sp³-hybridized carbons (Fsp3) is 0.400. The zero-order valence-corrected chi connectivity index (χ0v) is 10.7. The molecule has 1 aromatic rings. The molecule has 0 aliphatic heterocycles. The van der Waals surface area contributed by atoms with Crippen LogP contribution in [-0.2, 0) is 9.84 Å². The first-order valence-electron chi connectivity index (χ1n) is 4.88. The Morgan fingerprint density at radius 1 is 1.47 bits per heavy atom. The van der Waals surface area contributed by atoms with Gasteiger partial charge in [0.2, 0.25) is 0 Å². The van der Waals surface area contributed by atoms with Gasteiger partial charge in [0.05, 0.1) is 16.6 Å². The Hall–Kier alpha value is -0.833. The van der Waals surface area contributed by atoms with Crippen LogP contribution in [0.3, 0.4) is 0 Å². The molecule has 0 saturated heterocycles. The Balaban J connectivity index is 0.00000256. The van der Waals surface area contributed by atoms with Crippen molar-refractivity contribution in [2.24, 2.45) is 0 Å². The van der Waals surface area contributed by atoms with E-state index in [1.54, 1.807) is 0 Å². The molecule has 0 aromatic carbocycles. The summed E-state index contributed by atoms with van der Waals surface area (Å²) in [6.45, 7) is 1.86. The SMILES string of the molecule is CCCCS(=O)(=O)c1cccnc1C(=O)[O-].[Li+]. The first-order valence-corrected chi connectivity index (χ1v) is 6.53. The van der Waals surface area contributed by atoms with Crippen LogP contribution in [0.4, 0.5) is 0 Å². The van der Waals surface area contributed by atoms with E-state index in [2.05, 4.69) is 4.98 Å². The molecule has 1 aromatic heterocycles. The van der Waals surface area contributed by atoms with Crippen LogP contribution >= 0.6 is 0 Å². The van der Waals surface area contributed by atoms with Gasteiger partial charge in [0.1, 0.15) is 5.69 Å². The van der Waals surface area contributed by atoms with Gasteiger partial charge in [-0.15, -0.1) is 0 Å². The summed E-state index contributed by atoms with van der Waals surface area (Å²) in [5, 5.41) is 10.7. The molecule has 88 valence electrons. The molecule has 0 aliphatic carbocycles. The third-order valence-corrected chi connectivity index (χ3v) is 3.89. The second-order valence-corrected chi connectivity index (χ2v) is 5.39. The number of hydrogen-bond donors (Lipinski definition) is 0. The van der Waals surface area contributed by atoms with Gasteiger partial charge >= 0.3 is 18.9 Å². The Bertz CT molecular complexity index is 487. The van der Waals surface area contributed by atoms with Gasteiger partial charge in [-0.2, -0.15) is 0 Å². The third kappa shape index (κ3) is 4.15. The molecule has 1 rings (SSSR count). The Morgan fingerprint density at radius 3 is 2.65 bits per heavy atom. The maximum Gasteiger partial charge on any atom is 1.00 e. The Morgan fingerprint density at radius 2 is 2.12 bits per heavy atom. The van der Waals surface area contributed by atoms with Crippen molar-refractivity contribution < 1.29 is 37.2 Å². The number of pyridine rings is 1. The van der Waals surface area contributed by atoms with Crippen LogP contribution in [0.2, 0.25) is 0 Å². The molecular weight excluding hydrogens is 237 g/mol. The van der Waals surface area contributed by atoms with Crippen LogP contribution in [0.5, 0.6) is 0 Å². The maximum absolute atomic E-state index is 11.8. The number of nitrogens with zero attached hydrogens (tertiary/aromatic N) is 1. The van der Waals surface area contributed by atoms with E-state index in [1.807, 2.05) is 6.92 Å².